The summed E-state index contributed by atoms with van der Waals surface area (Å²) < 4.78 is 35.6. The van der Waals surface area contributed by atoms with Crippen molar-refractivity contribution in [3.05, 3.63) is 235 Å². The minimum absolute atomic E-state index is 0.233. The van der Waals surface area contributed by atoms with Crippen LogP contribution in [0.5, 0.6) is 0 Å². The molecule has 11 rings (SSSR count). The molecule has 2 heterocycles. The summed E-state index contributed by atoms with van der Waals surface area (Å²) in [6, 6.07) is 73.0. The Hall–Kier alpha value is -7.98. The lowest BCUT2D eigenvalue weighted by Crippen LogP contribution is -2.24. The Morgan fingerprint density at radius 2 is 0.734 bits per heavy atom. The molecule has 0 aliphatic rings. The van der Waals surface area contributed by atoms with Crippen LogP contribution in [-0.4, -0.2) is 9.13 Å². The van der Waals surface area contributed by atoms with Crippen molar-refractivity contribution in [2.24, 2.45) is 0 Å². The van der Waals surface area contributed by atoms with Gasteiger partial charge in [0.1, 0.15) is 0 Å². The van der Waals surface area contributed by atoms with E-state index in [4.69, 9.17) is 6.57 Å². The van der Waals surface area contributed by atoms with E-state index in [1.165, 1.54) is 0 Å². The third-order valence-corrected chi connectivity index (χ3v) is 18.4. The highest BCUT2D eigenvalue weighted by Gasteiger charge is 2.32. The second-order valence-corrected chi connectivity index (χ2v) is 21.3. The molecule has 2 aromatic heterocycles. The van der Waals surface area contributed by atoms with Crippen LogP contribution in [0, 0.1) is 17.9 Å². The second kappa shape index (κ2) is 15.4. The van der Waals surface area contributed by atoms with Crippen molar-refractivity contribution >= 4 is 95.4 Å². The fraction of sp³-hybridized carbons (Fsp3) is 0. The summed E-state index contributed by atoms with van der Waals surface area (Å²) in [5, 5.41) is 18.7. The Bertz CT molecular complexity index is 3470. The Balaban J connectivity index is 1.19. The first-order valence-electron chi connectivity index (χ1n) is 20.9. The maximum Gasteiger partial charge on any atom is 0.206 e. The van der Waals surface area contributed by atoms with E-state index in [9.17, 15) is 5.26 Å². The monoisotopic (exact) mass is 858 g/mol. The largest absolute Gasteiger partial charge is 0.309 e. The molecule has 0 aliphatic carbocycles. The van der Waals surface area contributed by atoms with Gasteiger partial charge in [-0.05, 0) is 60.7 Å². The maximum absolute atomic E-state index is 15.6. The molecule has 64 heavy (non-hydrogen) atoms. The van der Waals surface area contributed by atoms with Crippen molar-refractivity contribution < 1.29 is 9.13 Å². The van der Waals surface area contributed by atoms with Gasteiger partial charge in [-0.3, -0.25) is 0 Å². The second-order valence-electron chi connectivity index (χ2n) is 15.8. The number of hydrogen-bond donors (Lipinski definition) is 0. The first-order valence-corrected chi connectivity index (χ1v) is 24.3. The molecular formula is C56H36N4O2P2. The molecule has 8 heteroatoms. The van der Waals surface area contributed by atoms with E-state index in [2.05, 4.69) is 56.4 Å². The molecule has 0 radical (unpaired) electrons. The van der Waals surface area contributed by atoms with Gasteiger partial charge in [-0.1, -0.05) is 158 Å². The Morgan fingerprint density at radius 3 is 1.11 bits per heavy atom. The van der Waals surface area contributed by atoms with E-state index in [0.717, 1.165) is 64.8 Å². The number of nitriles is 1. The van der Waals surface area contributed by atoms with E-state index in [1.807, 2.05) is 182 Å². The van der Waals surface area contributed by atoms with Crippen LogP contribution in [0.1, 0.15) is 5.56 Å². The van der Waals surface area contributed by atoms with Gasteiger partial charge in [0.2, 0.25) is 5.69 Å². The molecule has 0 amide bonds. The third kappa shape index (κ3) is 5.93. The number of nitrogens with zero attached hydrogens (tertiary/aromatic N) is 4. The number of benzene rings is 9. The minimum Gasteiger partial charge on any atom is -0.309 e. The molecule has 0 saturated carbocycles. The first kappa shape index (κ1) is 38.9. The zero-order valence-electron chi connectivity index (χ0n) is 34.3. The average Bonchev–Trinajstić information content (AvgIpc) is 3.88. The van der Waals surface area contributed by atoms with Crippen LogP contribution in [-0.2, 0) is 9.13 Å². The van der Waals surface area contributed by atoms with Gasteiger partial charge < -0.3 is 18.3 Å². The summed E-state index contributed by atoms with van der Waals surface area (Å²) in [5.41, 5.74) is 5.37. The third-order valence-electron chi connectivity index (χ3n) is 12.3. The quantitative estimate of drug-likeness (QED) is 0.113. The van der Waals surface area contributed by atoms with Crippen LogP contribution < -0.4 is 31.8 Å². The summed E-state index contributed by atoms with van der Waals surface area (Å²) in [5.74, 6) is 0. The molecular weight excluding hydrogens is 823 g/mol. The molecule has 6 nitrogen and oxygen atoms in total. The number of fused-ring (bicyclic) bond motifs is 6. The van der Waals surface area contributed by atoms with E-state index >= 15 is 9.13 Å². The highest BCUT2D eigenvalue weighted by Crippen LogP contribution is 2.47. The zero-order chi connectivity index (χ0) is 43.4. The van der Waals surface area contributed by atoms with Gasteiger partial charge in [0, 0.05) is 53.4 Å². The normalized spacial score (nSPS) is 11.8. The van der Waals surface area contributed by atoms with Crippen LogP contribution in [0.4, 0.5) is 5.69 Å². The van der Waals surface area contributed by atoms with Crippen molar-refractivity contribution in [1.29, 1.82) is 5.26 Å². The molecule has 0 bridgehead atoms. The lowest BCUT2D eigenvalue weighted by Gasteiger charge is -2.21. The van der Waals surface area contributed by atoms with Crippen molar-refractivity contribution in [3.63, 3.8) is 0 Å². The summed E-state index contributed by atoms with van der Waals surface area (Å²) in [7, 11) is -6.63. The van der Waals surface area contributed by atoms with Gasteiger partial charge in [0.15, 0.2) is 14.3 Å². The summed E-state index contributed by atoms with van der Waals surface area (Å²) in [6.45, 7) is 8.23. The topological polar surface area (TPSA) is 72.2 Å². The molecule has 0 saturated heterocycles. The summed E-state index contributed by atoms with van der Waals surface area (Å²) in [6.07, 6.45) is 0. The molecule has 0 atom stereocenters. The Morgan fingerprint density at radius 1 is 0.391 bits per heavy atom. The predicted molar refractivity (Wildman–Crippen MR) is 265 cm³/mol. The van der Waals surface area contributed by atoms with Crippen LogP contribution in [0.3, 0.4) is 0 Å². The Labute approximate surface area is 370 Å². The molecule has 0 unspecified atom stereocenters. The highest BCUT2D eigenvalue weighted by atomic mass is 31.2. The van der Waals surface area contributed by atoms with E-state index in [0.29, 0.717) is 22.0 Å². The molecule has 0 N–H and O–H groups in total. The molecule has 0 aliphatic heterocycles. The van der Waals surface area contributed by atoms with Crippen LogP contribution >= 0.6 is 14.3 Å². The van der Waals surface area contributed by atoms with Gasteiger partial charge in [-0.25, -0.2) is 4.85 Å². The SMILES string of the molecule is [C-]#[N+]c1cc(-n2c3ccccc3c3cc(P(=O)(c4ccccc4)c4ccccc4)ccc32)c(-n2c3ccccc3c3cc(P(=O)(c4ccccc4)c4ccccc4)ccc32)cc1C#N. The smallest absolute Gasteiger partial charge is 0.206 e. The fourth-order valence-corrected chi connectivity index (χ4v) is 14.7. The zero-order valence-corrected chi connectivity index (χ0v) is 36.1. The fourth-order valence-electron chi connectivity index (χ4n) is 9.38. The Kier molecular flexibility index (Phi) is 9.38. The number of aromatic nitrogens is 2. The lowest BCUT2D eigenvalue weighted by atomic mass is 10.1. The molecule has 9 aromatic carbocycles. The van der Waals surface area contributed by atoms with Crippen molar-refractivity contribution in [2.75, 3.05) is 0 Å². The van der Waals surface area contributed by atoms with E-state index in [-0.39, 0.29) is 11.3 Å². The van der Waals surface area contributed by atoms with Gasteiger partial charge in [-0.2, -0.15) is 5.26 Å². The first-order chi connectivity index (χ1) is 31.4. The van der Waals surface area contributed by atoms with E-state index < -0.39 is 14.3 Å². The molecule has 0 fully saturated rings. The standard InChI is InChI=1S/C56H36N4O2P2/c1-58-50-37-56(60-52-29-17-15-27-47(52)49-36-45(31-33-54(49)60)64(62,42-22-10-4-11-23-42)43-24-12-5-13-25-43)55(34-39(50)38-57)59-51-28-16-14-26-46(51)48-35-44(30-32-53(48)59)63(61,40-18-6-2-7-19-40)41-20-8-3-9-21-41/h2-37H. The minimum atomic E-state index is -3.31. The van der Waals surface area contributed by atoms with Crippen molar-refractivity contribution in [1.82, 2.24) is 9.13 Å². The summed E-state index contributed by atoms with van der Waals surface area (Å²) >= 11 is 0. The molecule has 11 aromatic rings. The number of rotatable bonds is 8. The lowest BCUT2D eigenvalue weighted by molar-refractivity contribution is 0.591. The number of para-hydroxylation sites is 2. The maximum atomic E-state index is 15.6. The van der Waals surface area contributed by atoms with Crippen LogP contribution in [0.15, 0.2) is 218 Å². The molecule has 0 spiro atoms. The van der Waals surface area contributed by atoms with Crippen molar-refractivity contribution in [3.8, 4) is 17.4 Å². The highest BCUT2D eigenvalue weighted by molar-refractivity contribution is 7.85. The van der Waals surface area contributed by atoms with Gasteiger partial charge >= 0.3 is 0 Å². The molecule has 302 valence electrons. The van der Waals surface area contributed by atoms with Gasteiger partial charge in [0.25, 0.3) is 0 Å². The summed E-state index contributed by atoms with van der Waals surface area (Å²) in [4.78, 5) is 3.87. The van der Waals surface area contributed by atoms with Crippen LogP contribution in [0.2, 0.25) is 0 Å². The van der Waals surface area contributed by atoms with E-state index in [1.54, 1.807) is 0 Å². The average molecular weight is 859 g/mol. The predicted octanol–water partition coefficient (Wildman–Crippen LogP) is 11.6. The van der Waals surface area contributed by atoms with Gasteiger partial charge in [0.05, 0.1) is 51.6 Å². The van der Waals surface area contributed by atoms with Crippen LogP contribution in [0.25, 0.3) is 59.8 Å². The van der Waals surface area contributed by atoms with Gasteiger partial charge in [-0.15, -0.1) is 0 Å². The number of hydrogen-bond acceptors (Lipinski definition) is 3. The van der Waals surface area contributed by atoms with Crippen molar-refractivity contribution in [2.45, 2.75) is 0 Å².